The number of aryl methyl sites for hydroxylation is 1. The second-order valence-corrected chi connectivity index (χ2v) is 5.07. The summed E-state index contributed by atoms with van der Waals surface area (Å²) in [6.45, 7) is 5.86. The zero-order valence-electron chi connectivity index (χ0n) is 13.5. The van der Waals surface area contributed by atoms with E-state index in [2.05, 4.69) is 34.7 Å². The highest BCUT2D eigenvalue weighted by Gasteiger charge is 2.02. The van der Waals surface area contributed by atoms with Crippen LogP contribution in [0.15, 0.2) is 53.5 Å². The zero-order valence-corrected chi connectivity index (χ0v) is 15.8. The fraction of sp³-hybridized carbons (Fsp3) is 0.278. The summed E-state index contributed by atoms with van der Waals surface area (Å²) in [5, 5.41) is 6.46. The first-order valence-corrected chi connectivity index (χ1v) is 7.50. The van der Waals surface area contributed by atoms with Crippen LogP contribution in [-0.4, -0.2) is 12.5 Å². The molecule has 2 N–H and O–H groups in total. The summed E-state index contributed by atoms with van der Waals surface area (Å²) in [4.78, 5) is 4.44. The van der Waals surface area contributed by atoms with Gasteiger partial charge in [-0.3, -0.25) is 0 Å². The minimum Gasteiger partial charge on any atom is -0.357 e. The molecule has 0 heterocycles. The molecule has 0 aliphatic carbocycles. The van der Waals surface area contributed by atoms with Gasteiger partial charge >= 0.3 is 0 Å². The third-order valence-corrected chi connectivity index (χ3v) is 3.42. The maximum absolute atomic E-state index is 13.6. The molecule has 0 fully saturated rings. The summed E-state index contributed by atoms with van der Waals surface area (Å²) in [5.74, 6) is 0.468. The third kappa shape index (κ3) is 6.17. The molecule has 124 valence electrons. The van der Waals surface area contributed by atoms with Crippen LogP contribution in [0.3, 0.4) is 0 Å². The molecule has 0 amide bonds. The van der Waals surface area contributed by atoms with Crippen molar-refractivity contribution in [2.45, 2.75) is 26.9 Å². The monoisotopic (exact) mass is 427 g/mol. The van der Waals surface area contributed by atoms with Crippen molar-refractivity contribution in [2.75, 3.05) is 6.54 Å². The lowest BCUT2D eigenvalue weighted by Crippen LogP contribution is -2.36. The summed E-state index contributed by atoms with van der Waals surface area (Å²) in [5.41, 5.74) is 3.05. The second kappa shape index (κ2) is 10.2. The number of rotatable bonds is 5. The Labute approximate surface area is 154 Å². The largest absolute Gasteiger partial charge is 0.357 e. The minimum atomic E-state index is -0.221. The number of hydrogen-bond donors (Lipinski definition) is 2. The summed E-state index contributed by atoms with van der Waals surface area (Å²) in [7, 11) is 0. The molecule has 23 heavy (non-hydrogen) atoms. The number of aliphatic imine (C=N–C) groups is 1. The lowest BCUT2D eigenvalue weighted by Gasteiger charge is -2.12. The molecule has 0 atom stereocenters. The molecule has 0 spiro atoms. The van der Waals surface area contributed by atoms with Gasteiger partial charge in [0, 0.05) is 18.7 Å². The lowest BCUT2D eigenvalue weighted by atomic mass is 10.1. The molecule has 3 nitrogen and oxygen atoms in total. The predicted octanol–water partition coefficient (Wildman–Crippen LogP) is 4.01. The van der Waals surface area contributed by atoms with Crippen LogP contribution in [0.25, 0.3) is 0 Å². The Morgan fingerprint density at radius 1 is 1.00 bits per heavy atom. The van der Waals surface area contributed by atoms with Crippen LogP contribution < -0.4 is 10.6 Å². The van der Waals surface area contributed by atoms with Crippen molar-refractivity contribution >= 4 is 29.9 Å². The Morgan fingerprint density at radius 3 is 2.30 bits per heavy atom. The molecule has 2 aromatic rings. The Morgan fingerprint density at radius 2 is 1.65 bits per heavy atom. The van der Waals surface area contributed by atoms with Gasteiger partial charge in [-0.1, -0.05) is 42.5 Å². The second-order valence-electron chi connectivity index (χ2n) is 5.07. The fourth-order valence-electron chi connectivity index (χ4n) is 2.12. The third-order valence-electron chi connectivity index (χ3n) is 3.42. The lowest BCUT2D eigenvalue weighted by molar-refractivity contribution is 0.610. The quantitative estimate of drug-likeness (QED) is 0.430. The van der Waals surface area contributed by atoms with E-state index < -0.39 is 0 Å². The van der Waals surface area contributed by atoms with Crippen molar-refractivity contribution < 1.29 is 4.39 Å². The first-order chi connectivity index (χ1) is 10.7. The zero-order chi connectivity index (χ0) is 15.8. The van der Waals surface area contributed by atoms with Gasteiger partial charge in [0.05, 0.1) is 6.54 Å². The van der Waals surface area contributed by atoms with Crippen LogP contribution in [0, 0.1) is 12.7 Å². The SMILES string of the molecule is CCNC(=NCc1ccccc1F)NCc1ccccc1C.I. The van der Waals surface area contributed by atoms with Gasteiger partial charge in [0.2, 0.25) is 0 Å². The van der Waals surface area contributed by atoms with Crippen LogP contribution in [0.1, 0.15) is 23.6 Å². The molecule has 0 saturated heterocycles. The van der Waals surface area contributed by atoms with Crippen molar-refractivity contribution in [1.29, 1.82) is 0 Å². The Bertz CT molecular complexity index is 644. The molecule has 2 aromatic carbocycles. The van der Waals surface area contributed by atoms with Gasteiger partial charge in [0.15, 0.2) is 5.96 Å². The molecular weight excluding hydrogens is 404 g/mol. The minimum absolute atomic E-state index is 0. The molecule has 0 aliphatic heterocycles. The average Bonchev–Trinajstić information content (AvgIpc) is 2.53. The van der Waals surface area contributed by atoms with E-state index in [4.69, 9.17) is 0 Å². The number of guanidine groups is 1. The highest BCUT2D eigenvalue weighted by molar-refractivity contribution is 14.0. The van der Waals surface area contributed by atoms with Crippen LogP contribution in [-0.2, 0) is 13.1 Å². The molecule has 0 radical (unpaired) electrons. The highest BCUT2D eigenvalue weighted by Crippen LogP contribution is 2.08. The van der Waals surface area contributed by atoms with Gasteiger partial charge in [0.1, 0.15) is 5.82 Å². The normalized spacial score (nSPS) is 10.8. The first-order valence-electron chi connectivity index (χ1n) is 7.50. The molecule has 0 aromatic heterocycles. The first kappa shape index (κ1) is 19.4. The Balaban J connectivity index is 0.00000264. The molecular formula is C18H23FIN3. The van der Waals surface area contributed by atoms with E-state index in [1.54, 1.807) is 12.1 Å². The molecule has 2 rings (SSSR count). The maximum Gasteiger partial charge on any atom is 0.191 e. The van der Waals surface area contributed by atoms with Crippen molar-refractivity contribution in [3.8, 4) is 0 Å². The summed E-state index contributed by atoms with van der Waals surface area (Å²) in [6, 6.07) is 14.9. The summed E-state index contributed by atoms with van der Waals surface area (Å²) < 4.78 is 13.6. The summed E-state index contributed by atoms with van der Waals surface area (Å²) in [6.07, 6.45) is 0. The van der Waals surface area contributed by atoms with Gasteiger partial charge < -0.3 is 10.6 Å². The van der Waals surface area contributed by atoms with Crippen molar-refractivity contribution in [3.05, 3.63) is 71.0 Å². The standard InChI is InChI=1S/C18H22FN3.HI/c1-3-20-18(21-12-15-9-5-4-8-14(15)2)22-13-16-10-6-7-11-17(16)19;/h4-11H,3,12-13H2,1-2H3,(H2,20,21,22);1H. The number of nitrogens with zero attached hydrogens (tertiary/aromatic N) is 1. The van der Waals surface area contributed by atoms with Crippen LogP contribution >= 0.6 is 24.0 Å². The van der Waals surface area contributed by atoms with E-state index >= 15 is 0 Å². The van der Waals surface area contributed by atoms with Crippen molar-refractivity contribution in [1.82, 2.24) is 10.6 Å². The molecule has 0 bridgehead atoms. The molecule has 0 saturated carbocycles. The average molecular weight is 427 g/mol. The number of halogens is 2. The van der Waals surface area contributed by atoms with Crippen LogP contribution in [0.5, 0.6) is 0 Å². The molecule has 0 aliphatic rings. The molecule has 5 heteroatoms. The van der Waals surface area contributed by atoms with Gasteiger partial charge in [-0.15, -0.1) is 24.0 Å². The maximum atomic E-state index is 13.6. The topological polar surface area (TPSA) is 36.4 Å². The smallest absolute Gasteiger partial charge is 0.191 e. The molecule has 0 unspecified atom stereocenters. The van der Waals surface area contributed by atoms with Gasteiger partial charge in [-0.25, -0.2) is 9.38 Å². The van der Waals surface area contributed by atoms with E-state index in [0.717, 1.165) is 6.54 Å². The summed E-state index contributed by atoms with van der Waals surface area (Å²) >= 11 is 0. The van der Waals surface area contributed by atoms with Gasteiger partial charge in [-0.05, 0) is 31.0 Å². The van der Waals surface area contributed by atoms with Crippen LogP contribution in [0.2, 0.25) is 0 Å². The Hall–Kier alpha value is -1.63. The number of benzene rings is 2. The predicted molar refractivity (Wildman–Crippen MR) is 105 cm³/mol. The van der Waals surface area contributed by atoms with E-state index in [9.17, 15) is 4.39 Å². The number of nitrogens with one attached hydrogen (secondary N) is 2. The van der Waals surface area contributed by atoms with Crippen molar-refractivity contribution in [2.24, 2.45) is 4.99 Å². The van der Waals surface area contributed by atoms with E-state index in [1.807, 2.05) is 25.1 Å². The highest BCUT2D eigenvalue weighted by atomic mass is 127. The van der Waals surface area contributed by atoms with E-state index in [1.165, 1.54) is 17.2 Å². The van der Waals surface area contributed by atoms with Crippen LogP contribution in [0.4, 0.5) is 4.39 Å². The van der Waals surface area contributed by atoms with Crippen molar-refractivity contribution in [3.63, 3.8) is 0 Å². The van der Waals surface area contributed by atoms with E-state index in [0.29, 0.717) is 24.6 Å². The van der Waals surface area contributed by atoms with E-state index in [-0.39, 0.29) is 29.8 Å². The fourth-order valence-corrected chi connectivity index (χ4v) is 2.12. The Kier molecular flexibility index (Phi) is 8.61. The van der Waals surface area contributed by atoms with Gasteiger partial charge in [-0.2, -0.15) is 0 Å². The number of hydrogen-bond acceptors (Lipinski definition) is 1. The van der Waals surface area contributed by atoms with Gasteiger partial charge in [0.25, 0.3) is 0 Å².